The van der Waals surface area contributed by atoms with Crippen LogP contribution < -0.4 is 9.64 Å². The van der Waals surface area contributed by atoms with Gasteiger partial charge in [0.15, 0.2) is 10.1 Å². The van der Waals surface area contributed by atoms with Crippen molar-refractivity contribution in [3.63, 3.8) is 0 Å². The van der Waals surface area contributed by atoms with Gasteiger partial charge in [0.1, 0.15) is 12.4 Å². The highest BCUT2D eigenvalue weighted by Gasteiger charge is 2.46. The van der Waals surface area contributed by atoms with Crippen LogP contribution in [0.4, 0.5) is 5.13 Å². The van der Waals surface area contributed by atoms with Crippen molar-refractivity contribution >= 4 is 62.0 Å². The topological polar surface area (TPSA) is 106 Å². The van der Waals surface area contributed by atoms with E-state index >= 15 is 0 Å². The molecule has 11 heteroatoms. The number of carbonyl (C=O) groups is 2. The Hall–Kier alpha value is -4.32. The molecule has 0 saturated heterocycles. The second-order valence-electron chi connectivity index (χ2n) is 9.76. The number of amides is 1. The highest BCUT2D eigenvalue weighted by Crippen LogP contribution is 2.45. The molecule has 1 N–H and O–H groups in total. The predicted octanol–water partition coefficient (Wildman–Crippen LogP) is 7.40. The van der Waals surface area contributed by atoms with Crippen LogP contribution >= 0.6 is 34.4 Å². The van der Waals surface area contributed by atoms with Crippen molar-refractivity contribution in [3.05, 3.63) is 117 Å². The molecule has 1 unspecified atom stereocenters. The summed E-state index contributed by atoms with van der Waals surface area (Å²) in [4.78, 5) is 33.6. The van der Waals surface area contributed by atoms with Crippen molar-refractivity contribution in [1.82, 2.24) is 15.2 Å². The van der Waals surface area contributed by atoms with Crippen LogP contribution in [0.5, 0.6) is 5.75 Å². The van der Waals surface area contributed by atoms with Crippen molar-refractivity contribution < 1.29 is 19.4 Å². The fraction of sp³-hybridized carbons (Fsp3) is 0.156. The second-order valence-corrected chi connectivity index (χ2v) is 13.1. The Bertz CT molecular complexity index is 1890. The van der Waals surface area contributed by atoms with Gasteiger partial charge in [0.25, 0.3) is 5.91 Å². The Kier molecular flexibility index (Phi) is 8.11. The van der Waals surface area contributed by atoms with Crippen LogP contribution in [0.1, 0.15) is 37.5 Å². The number of nitrogens with zero attached hydrogens (tertiary/aromatic N) is 4. The Balaban J connectivity index is 1.34. The smallest absolute Gasteiger partial charge is 0.296 e. The van der Waals surface area contributed by atoms with Crippen LogP contribution in [0, 0.1) is 13.8 Å². The van der Waals surface area contributed by atoms with Gasteiger partial charge in [-0.15, -0.1) is 21.5 Å². The summed E-state index contributed by atoms with van der Waals surface area (Å²) in [5.41, 5.74) is 2.31. The lowest BCUT2D eigenvalue weighted by atomic mass is 9.95. The van der Waals surface area contributed by atoms with Gasteiger partial charge in [-0.3, -0.25) is 14.5 Å². The molecule has 0 fully saturated rings. The lowest BCUT2D eigenvalue weighted by Gasteiger charge is -2.24. The van der Waals surface area contributed by atoms with E-state index in [-0.39, 0.29) is 10.7 Å². The van der Waals surface area contributed by atoms with Gasteiger partial charge in [-0.05, 0) is 47.9 Å². The van der Waals surface area contributed by atoms with Crippen LogP contribution in [0.15, 0.2) is 95.1 Å². The van der Waals surface area contributed by atoms with Crippen LogP contribution in [0.25, 0.3) is 10.8 Å². The molecule has 2 aromatic heterocycles. The first kappa shape index (κ1) is 28.8. The fourth-order valence-electron chi connectivity index (χ4n) is 5.03. The first-order chi connectivity index (χ1) is 20.9. The number of aliphatic hydroxyl groups excluding tert-OH is 1. The molecule has 8 nitrogen and oxygen atoms in total. The molecule has 0 saturated carbocycles. The third-order valence-electron chi connectivity index (χ3n) is 6.96. The highest BCUT2D eigenvalue weighted by molar-refractivity contribution is 8.00. The van der Waals surface area contributed by atoms with E-state index in [1.165, 1.54) is 44.7 Å². The molecule has 3 heterocycles. The SMILES string of the molecule is C=CCOc1ccc(C2C(C(=O)c3sc(C)nc3C)=C(O)C(=O)N2c2nnc(SCc3cccc4ccccc34)s2)cc1. The molecule has 5 aromatic rings. The normalized spacial score (nSPS) is 15.0. The number of carbonyl (C=O) groups excluding carboxylic acids is 2. The van der Waals surface area contributed by atoms with Gasteiger partial charge < -0.3 is 9.84 Å². The average molecular weight is 627 g/mol. The van der Waals surface area contributed by atoms with E-state index in [0.717, 1.165) is 16.0 Å². The molecule has 216 valence electrons. The van der Waals surface area contributed by atoms with Crippen molar-refractivity contribution in [2.45, 2.75) is 30.0 Å². The first-order valence-electron chi connectivity index (χ1n) is 13.4. The molecule has 3 aromatic carbocycles. The van der Waals surface area contributed by atoms with E-state index in [4.69, 9.17) is 4.74 Å². The minimum Gasteiger partial charge on any atom is -0.503 e. The van der Waals surface area contributed by atoms with Crippen LogP contribution in [-0.2, 0) is 10.5 Å². The third-order valence-corrected chi connectivity index (χ3v) is 10.1. The number of fused-ring (bicyclic) bond motifs is 1. The van der Waals surface area contributed by atoms with Gasteiger partial charge in [0, 0.05) is 5.75 Å². The average Bonchev–Trinajstić information content (AvgIpc) is 3.70. The molecule has 1 aliphatic rings. The first-order valence-corrected chi connectivity index (χ1v) is 16.0. The summed E-state index contributed by atoms with van der Waals surface area (Å²) >= 11 is 3.99. The number of aromatic nitrogens is 3. The maximum atomic E-state index is 13.9. The Morgan fingerprint density at radius 3 is 2.58 bits per heavy atom. The number of Topliss-reactive ketones (excluding diaryl/α,β-unsaturated/α-hetero) is 1. The predicted molar refractivity (Wildman–Crippen MR) is 171 cm³/mol. The van der Waals surface area contributed by atoms with Crippen molar-refractivity contribution in [1.29, 1.82) is 0 Å². The quantitative estimate of drug-likeness (QED) is 0.0740. The molecule has 1 atom stereocenters. The molecule has 1 aliphatic heterocycles. The zero-order valence-electron chi connectivity index (χ0n) is 23.3. The largest absolute Gasteiger partial charge is 0.503 e. The van der Waals surface area contributed by atoms with Gasteiger partial charge in [-0.2, -0.15) is 0 Å². The van der Waals surface area contributed by atoms with Crippen molar-refractivity contribution in [2.24, 2.45) is 0 Å². The van der Waals surface area contributed by atoms with Gasteiger partial charge in [-0.1, -0.05) is 90.4 Å². The lowest BCUT2D eigenvalue weighted by molar-refractivity contribution is -0.117. The molecule has 1 amide bonds. The highest BCUT2D eigenvalue weighted by atomic mass is 32.2. The van der Waals surface area contributed by atoms with Crippen LogP contribution in [0.3, 0.4) is 0 Å². The molecule has 0 bridgehead atoms. The number of rotatable bonds is 10. The van der Waals surface area contributed by atoms with E-state index in [1.54, 1.807) is 37.3 Å². The Morgan fingerprint density at radius 1 is 1.07 bits per heavy atom. The van der Waals surface area contributed by atoms with E-state index < -0.39 is 23.5 Å². The Labute approximate surface area is 260 Å². The van der Waals surface area contributed by atoms with E-state index in [2.05, 4.69) is 46.0 Å². The Morgan fingerprint density at radius 2 is 1.84 bits per heavy atom. The monoisotopic (exact) mass is 626 g/mol. The number of anilines is 1. The summed E-state index contributed by atoms with van der Waals surface area (Å²) < 4.78 is 6.29. The fourth-order valence-corrected chi connectivity index (χ4v) is 7.78. The molecule has 43 heavy (non-hydrogen) atoms. The van der Waals surface area contributed by atoms with Gasteiger partial charge in [0.2, 0.25) is 10.9 Å². The number of thiazole rings is 1. The second kappa shape index (κ2) is 12.1. The maximum Gasteiger partial charge on any atom is 0.296 e. The number of benzene rings is 3. The van der Waals surface area contributed by atoms with Gasteiger partial charge >= 0.3 is 0 Å². The third kappa shape index (κ3) is 5.58. The number of ketones is 1. The maximum absolute atomic E-state index is 13.9. The zero-order valence-corrected chi connectivity index (χ0v) is 25.8. The summed E-state index contributed by atoms with van der Waals surface area (Å²) in [6.45, 7) is 7.57. The molecule has 0 aliphatic carbocycles. The summed E-state index contributed by atoms with van der Waals surface area (Å²) in [6.07, 6.45) is 1.65. The molecule has 6 rings (SSSR count). The molecule has 0 spiro atoms. The zero-order chi connectivity index (χ0) is 30.1. The van der Waals surface area contributed by atoms with Gasteiger partial charge in [-0.25, -0.2) is 4.98 Å². The number of hydrogen-bond donors (Lipinski definition) is 1. The molecular weight excluding hydrogens is 601 g/mol. The molecule has 0 radical (unpaired) electrons. The summed E-state index contributed by atoms with van der Waals surface area (Å²) in [5.74, 6) is -0.480. The summed E-state index contributed by atoms with van der Waals surface area (Å²) in [7, 11) is 0. The number of aliphatic hydroxyl groups is 1. The number of thioether (sulfide) groups is 1. The lowest BCUT2D eigenvalue weighted by Crippen LogP contribution is -2.31. The number of ether oxygens (including phenoxy) is 1. The minimum atomic E-state index is -0.917. The van der Waals surface area contributed by atoms with E-state index in [1.807, 2.05) is 25.1 Å². The standard InChI is InChI=1S/C32H26N4O4S3/c1-4-16-40-23-14-12-21(13-15-23)26-25(27(37)29-18(2)33-19(3)42-29)28(38)30(39)36(26)31-34-35-32(43-31)41-17-22-10-7-9-20-8-5-6-11-24(20)22/h4-15,26,38H,1,16-17H2,2-3H3. The number of aryl methyl sites for hydroxylation is 2. The summed E-state index contributed by atoms with van der Waals surface area (Å²) in [5, 5.41) is 23.2. The van der Waals surface area contributed by atoms with E-state index in [9.17, 15) is 14.7 Å². The molecular formula is C32H26N4O4S3. The van der Waals surface area contributed by atoms with Gasteiger partial charge in [0.05, 0.1) is 27.2 Å². The summed E-state index contributed by atoms with van der Waals surface area (Å²) in [6, 6.07) is 20.6. The minimum absolute atomic E-state index is 0.0170. The van der Waals surface area contributed by atoms with Crippen molar-refractivity contribution in [2.75, 3.05) is 11.5 Å². The number of hydrogen-bond acceptors (Lipinski definition) is 10. The van der Waals surface area contributed by atoms with E-state index in [0.29, 0.717) is 38.6 Å². The van der Waals surface area contributed by atoms with Crippen molar-refractivity contribution in [3.8, 4) is 5.75 Å². The van der Waals surface area contributed by atoms with Crippen LogP contribution in [0.2, 0.25) is 0 Å². The van der Waals surface area contributed by atoms with Crippen LogP contribution in [-0.4, -0.2) is 38.6 Å².